The van der Waals surface area contributed by atoms with Gasteiger partial charge >= 0.3 is 0 Å². The summed E-state index contributed by atoms with van der Waals surface area (Å²) in [6.07, 6.45) is 5.56. The average Bonchev–Trinajstić information content (AvgIpc) is 2.63. The summed E-state index contributed by atoms with van der Waals surface area (Å²) < 4.78 is 2.06. The fourth-order valence-corrected chi connectivity index (χ4v) is 1.85. The second-order valence-electron chi connectivity index (χ2n) is 4.55. The topological polar surface area (TPSA) is 47.1 Å². The van der Waals surface area contributed by atoms with Crippen LogP contribution < -0.4 is 5.73 Å². The summed E-state index contributed by atoms with van der Waals surface area (Å²) in [6, 6.07) is 0.504. The first-order valence-corrected chi connectivity index (χ1v) is 6.40. The quantitative estimate of drug-likeness (QED) is 0.746. The van der Waals surface area contributed by atoms with Crippen LogP contribution in [0.5, 0.6) is 0 Å². The second kappa shape index (κ2) is 6.71. The Hall–Kier alpha value is -0.940. The molecular weight excluding hydrogens is 232 g/mol. The van der Waals surface area contributed by atoms with E-state index in [4.69, 9.17) is 18.0 Å². The highest BCUT2D eigenvalue weighted by Gasteiger charge is 2.10. The van der Waals surface area contributed by atoms with Gasteiger partial charge < -0.3 is 15.2 Å². The highest BCUT2D eigenvalue weighted by molar-refractivity contribution is 7.80. The van der Waals surface area contributed by atoms with Gasteiger partial charge in [0.25, 0.3) is 0 Å². The fraction of sp³-hybridized carbons (Fsp3) is 0.667. The molecule has 0 aromatic carbocycles. The number of aromatic nitrogens is 2. The van der Waals surface area contributed by atoms with E-state index in [-0.39, 0.29) is 0 Å². The molecule has 1 heterocycles. The van der Waals surface area contributed by atoms with E-state index in [2.05, 4.69) is 28.3 Å². The van der Waals surface area contributed by atoms with Crippen LogP contribution in [0.25, 0.3) is 0 Å². The lowest BCUT2D eigenvalue weighted by Gasteiger charge is -2.26. The SMILES string of the molecule is CC(C)N(CCC(N)=S)CCc1nccn1C. The van der Waals surface area contributed by atoms with Gasteiger partial charge in [0.15, 0.2) is 0 Å². The number of hydrogen-bond donors (Lipinski definition) is 1. The van der Waals surface area contributed by atoms with E-state index in [0.717, 1.165) is 31.8 Å². The van der Waals surface area contributed by atoms with E-state index in [1.165, 1.54) is 0 Å². The van der Waals surface area contributed by atoms with Crippen LogP contribution in [0.1, 0.15) is 26.1 Å². The molecule has 0 fully saturated rings. The van der Waals surface area contributed by atoms with Gasteiger partial charge in [0.05, 0.1) is 4.99 Å². The van der Waals surface area contributed by atoms with Crippen molar-refractivity contribution in [2.75, 3.05) is 13.1 Å². The highest BCUT2D eigenvalue weighted by Crippen LogP contribution is 2.03. The van der Waals surface area contributed by atoms with Crippen molar-refractivity contribution in [3.8, 4) is 0 Å². The molecule has 0 radical (unpaired) electrons. The molecule has 2 N–H and O–H groups in total. The van der Waals surface area contributed by atoms with Crippen molar-refractivity contribution in [1.29, 1.82) is 0 Å². The van der Waals surface area contributed by atoms with E-state index in [1.54, 1.807) is 0 Å². The minimum atomic E-state index is 0.504. The van der Waals surface area contributed by atoms with Gasteiger partial charge in [0.2, 0.25) is 0 Å². The Morgan fingerprint density at radius 1 is 1.53 bits per heavy atom. The van der Waals surface area contributed by atoms with E-state index in [9.17, 15) is 0 Å². The Morgan fingerprint density at radius 3 is 2.71 bits per heavy atom. The number of imidazole rings is 1. The van der Waals surface area contributed by atoms with Crippen molar-refractivity contribution < 1.29 is 0 Å². The van der Waals surface area contributed by atoms with Crippen LogP contribution in [0.3, 0.4) is 0 Å². The van der Waals surface area contributed by atoms with Crippen LogP contribution in [-0.2, 0) is 13.5 Å². The van der Waals surface area contributed by atoms with Crippen LogP contribution >= 0.6 is 12.2 Å². The van der Waals surface area contributed by atoms with Crippen LogP contribution in [0.4, 0.5) is 0 Å². The van der Waals surface area contributed by atoms with Crippen LogP contribution in [0, 0.1) is 0 Å². The smallest absolute Gasteiger partial charge is 0.109 e. The molecule has 0 bridgehead atoms. The number of aryl methyl sites for hydroxylation is 1. The molecule has 96 valence electrons. The lowest BCUT2D eigenvalue weighted by Crippen LogP contribution is -2.35. The first-order chi connectivity index (χ1) is 8.00. The number of nitrogens with two attached hydrogens (primary N) is 1. The summed E-state index contributed by atoms with van der Waals surface area (Å²) in [6.45, 7) is 6.30. The third kappa shape index (κ3) is 4.83. The standard InChI is InChI=1S/C12H22N4S/c1-10(2)16(7-4-11(13)17)8-5-12-14-6-9-15(12)3/h6,9-10H,4-5,7-8H2,1-3H3,(H2,13,17). The molecular formula is C12H22N4S. The molecule has 0 aliphatic carbocycles. The monoisotopic (exact) mass is 254 g/mol. The van der Waals surface area contributed by atoms with Crippen molar-refractivity contribution in [2.45, 2.75) is 32.7 Å². The maximum Gasteiger partial charge on any atom is 0.109 e. The van der Waals surface area contributed by atoms with Crippen LogP contribution in [0.15, 0.2) is 12.4 Å². The molecule has 0 amide bonds. The molecule has 4 nitrogen and oxygen atoms in total. The van der Waals surface area contributed by atoms with Crippen molar-refractivity contribution in [1.82, 2.24) is 14.5 Å². The van der Waals surface area contributed by atoms with Crippen molar-refractivity contribution >= 4 is 17.2 Å². The minimum absolute atomic E-state index is 0.504. The predicted octanol–water partition coefficient (Wildman–Crippen LogP) is 1.35. The zero-order valence-electron chi connectivity index (χ0n) is 10.9. The molecule has 0 saturated carbocycles. The molecule has 1 aromatic rings. The Balaban J connectivity index is 2.44. The molecule has 5 heteroatoms. The van der Waals surface area contributed by atoms with Gasteiger partial charge in [-0.3, -0.25) is 0 Å². The minimum Gasteiger partial charge on any atom is -0.393 e. The van der Waals surface area contributed by atoms with Gasteiger partial charge in [-0.25, -0.2) is 4.98 Å². The lowest BCUT2D eigenvalue weighted by molar-refractivity contribution is 0.229. The predicted molar refractivity (Wildman–Crippen MR) is 75.0 cm³/mol. The molecule has 0 atom stereocenters. The normalized spacial score (nSPS) is 11.4. The number of nitrogens with zero attached hydrogens (tertiary/aromatic N) is 3. The number of thiocarbonyl (C=S) groups is 1. The maximum atomic E-state index is 5.54. The van der Waals surface area contributed by atoms with E-state index >= 15 is 0 Å². The molecule has 0 unspecified atom stereocenters. The fourth-order valence-electron chi connectivity index (χ4n) is 1.76. The molecule has 1 rings (SSSR count). The van der Waals surface area contributed by atoms with Gasteiger partial charge in [-0.15, -0.1) is 0 Å². The van der Waals surface area contributed by atoms with E-state index in [0.29, 0.717) is 11.0 Å². The van der Waals surface area contributed by atoms with Crippen molar-refractivity contribution in [2.24, 2.45) is 12.8 Å². The van der Waals surface area contributed by atoms with Gasteiger partial charge in [-0.1, -0.05) is 12.2 Å². The van der Waals surface area contributed by atoms with E-state index < -0.39 is 0 Å². The molecule has 0 spiro atoms. The first kappa shape index (κ1) is 14.1. The second-order valence-corrected chi connectivity index (χ2v) is 5.07. The number of rotatable bonds is 7. The molecule has 1 aromatic heterocycles. The third-order valence-electron chi connectivity index (χ3n) is 2.92. The van der Waals surface area contributed by atoms with Gasteiger partial charge in [-0.05, 0) is 13.8 Å². The first-order valence-electron chi connectivity index (χ1n) is 5.99. The Morgan fingerprint density at radius 2 is 2.24 bits per heavy atom. The van der Waals surface area contributed by atoms with Crippen molar-refractivity contribution in [3.05, 3.63) is 18.2 Å². The van der Waals surface area contributed by atoms with Gasteiger partial charge in [-0.2, -0.15) is 0 Å². The summed E-state index contributed by atoms with van der Waals surface area (Å²) in [7, 11) is 2.02. The van der Waals surface area contributed by atoms with Crippen LogP contribution in [-0.4, -0.2) is 38.6 Å². The summed E-state index contributed by atoms with van der Waals surface area (Å²) in [5.74, 6) is 1.12. The van der Waals surface area contributed by atoms with Gasteiger partial charge in [0.1, 0.15) is 5.82 Å². The lowest BCUT2D eigenvalue weighted by atomic mass is 10.2. The molecule has 17 heavy (non-hydrogen) atoms. The molecule has 0 aliphatic heterocycles. The molecule has 0 aliphatic rings. The average molecular weight is 254 g/mol. The van der Waals surface area contributed by atoms with Crippen LogP contribution in [0.2, 0.25) is 0 Å². The van der Waals surface area contributed by atoms with E-state index in [1.807, 2.05) is 19.4 Å². The highest BCUT2D eigenvalue weighted by atomic mass is 32.1. The summed E-state index contributed by atoms with van der Waals surface area (Å²) in [5, 5.41) is 0. The maximum absolute atomic E-state index is 5.54. The summed E-state index contributed by atoms with van der Waals surface area (Å²) >= 11 is 4.92. The zero-order valence-corrected chi connectivity index (χ0v) is 11.7. The molecule has 0 saturated heterocycles. The summed E-state index contributed by atoms with van der Waals surface area (Å²) in [4.78, 5) is 7.30. The Bertz CT molecular complexity index is 359. The largest absolute Gasteiger partial charge is 0.393 e. The summed E-state index contributed by atoms with van der Waals surface area (Å²) in [5.41, 5.74) is 5.54. The third-order valence-corrected chi connectivity index (χ3v) is 3.12. The Labute approximate surface area is 109 Å². The Kier molecular flexibility index (Phi) is 5.58. The number of hydrogen-bond acceptors (Lipinski definition) is 3. The van der Waals surface area contributed by atoms with Crippen molar-refractivity contribution in [3.63, 3.8) is 0 Å². The van der Waals surface area contributed by atoms with Gasteiger partial charge in [0, 0.05) is 51.4 Å². The zero-order chi connectivity index (χ0) is 12.8.